The van der Waals surface area contributed by atoms with E-state index in [0.29, 0.717) is 23.6 Å². The molecule has 2 aromatic rings. The summed E-state index contributed by atoms with van der Waals surface area (Å²) in [5.41, 5.74) is 5.69. The molecule has 0 fully saturated rings. The van der Waals surface area contributed by atoms with E-state index in [1.807, 2.05) is 13.8 Å². The van der Waals surface area contributed by atoms with E-state index in [4.69, 9.17) is 10.5 Å². The molecule has 0 amide bonds. The van der Waals surface area contributed by atoms with Gasteiger partial charge < -0.3 is 10.5 Å². The van der Waals surface area contributed by atoms with E-state index < -0.39 is 17.3 Å². The lowest BCUT2D eigenvalue weighted by atomic mass is 9.93. The Kier molecular flexibility index (Phi) is 5.85. The molecule has 0 spiro atoms. The molecule has 0 aliphatic carbocycles. The Balaban J connectivity index is 2.32. The third-order valence-corrected chi connectivity index (χ3v) is 3.68. The van der Waals surface area contributed by atoms with Crippen molar-refractivity contribution in [3.05, 3.63) is 35.8 Å². The highest BCUT2D eigenvalue weighted by Gasteiger charge is 2.36. The van der Waals surface area contributed by atoms with Crippen LogP contribution < -0.4 is 10.5 Å². The summed E-state index contributed by atoms with van der Waals surface area (Å²) in [6, 6.07) is 2.58. The molecule has 0 radical (unpaired) electrons. The fourth-order valence-electron chi connectivity index (χ4n) is 2.78. The molecule has 2 N–H and O–H groups in total. The minimum Gasteiger partial charge on any atom is -0.489 e. The summed E-state index contributed by atoms with van der Waals surface area (Å²) in [4.78, 5) is 4.09. The third kappa shape index (κ3) is 5.39. The van der Waals surface area contributed by atoms with Gasteiger partial charge in [0.1, 0.15) is 17.9 Å². The summed E-state index contributed by atoms with van der Waals surface area (Å²) >= 11 is 0. The van der Waals surface area contributed by atoms with E-state index >= 15 is 0 Å². The fraction of sp³-hybridized carbons (Fsp3) is 0.500. The molecule has 0 aliphatic heterocycles. The van der Waals surface area contributed by atoms with Crippen LogP contribution in [0.2, 0.25) is 0 Å². The number of rotatable bonds is 6. The Morgan fingerprint density at radius 1 is 1.19 bits per heavy atom. The molecule has 0 saturated heterocycles. The van der Waals surface area contributed by atoms with Crippen molar-refractivity contribution in [1.29, 1.82) is 0 Å². The first-order valence-electron chi connectivity index (χ1n) is 8.26. The number of pyridine rings is 1. The van der Waals surface area contributed by atoms with Crippen molar-refractivity contribution in [3.8, 4) is 17.0 Å². The van der Waals surface area contributed by atoms with Gasteiger partial charge in [-0.15, -0.1) is 0 Å². The van der Waals surface area contributed by atoms with E-state index in [1.54, 1.807) is 19.9 Å². The van der Waals surface area contributed by atoms with Crippen molar-refractivity contribution in [2.75, 3.05) is 6.61 Å². The highest BCUT2D eigenvalue weighted by molar-refractivity contribution is 5.60. The van der Waals surface area contributed by atoms with Gasteiger partial charge >= 0.3 is 6.18 Å². The van der Waals surface area contributed by atoms with Gasteiger partial charge in [0.15, 0.2) is 0 Å². The zero-order chi connectivity index (χ0) is 19.5. The molecule has 26 heavy (non-hydrogen) atoms. The van der Waals surface area contributed by atoms with Crippen molar-refractivity contribution < 1.29 is 17.9 Å². The first kappa shape index (κ1) is 20.1. The molecule has 0 saturated carbocycles. The summed E-state index contributed by atoms with van der Waals surface area (Å²) in [5, 5.41) is 7.55. The topological polar surface area (TPSA) is 73.9 Å². The second-order valence-electron chi connectivity index (χ2n) is 7.19. The summed E-state index contributed by atoms with van der Waals surface area (Å²) in [6.07, 6.45) is -1.50. The Bertz CT molecular complexity index is 760. The Labute approximate surface area is 150 Å². The molecule has 5 nitrogen and oxygen atoms in total. The standard InChI is InChI=1S/C18H23F3N4O/c1-11(2)7-17(4,22)10-26-16-9-23-15(6-14(16)18(19,20)21)13-5-12(3)25-24-8-13/h5-6,8-9,11H,7,10,22H2,1-4H3. The zero-order valence-electron chi connectivity index (χ0n) is 15.3. The van der Waals surface area contributed by atoms with Crippen LogP contribution in [0.25, 0.3) is 11.3 Å². The van der Waals surface area contributed by atoms with Crippen molar-refractivity contribution in [1.82, 2.24) is 15.2 Å². The lowest BCUT2D eigenvalue weighted by molar-refractivity contribution is -0.139. The van der Waals surface area contributed by atoms with Crippen molar-refractivity contribution >= 4 is 0 Å². The summed E-state index contributed by atoms with van der Waals surface area (Å²) in [6.45, 7) is 7.41. The lowest BCUT2D eigenvalue weighted by Gasteiger charge is -2.27. The number of hydrogen-bond donors (Lipinski definition) is 1. The maximum absolute atomic E-state index is 13.5. The van der Waals surface area contributed by atoms with Crippen molar-refractivity contribution in [2.24, 2.45) is 11.7 Å². The van der Waals surface area contributed by atoms with Crippen LogP contribution in [-0.2, 0) is 6.18 Å². The quantitative estimate of drug-likeness (QED) is 0.834. The first-order chi connectivity index (χ1) is 12.0. The van der Waals surface area contributed by atoms with Gasteiger partial charge in [0.2, 0.25) is 0 Å². The summed E-state index contributed by atoms with van der Waals surface area (Å²) < 4.78 is 45.9. The van der Waals surface area contributed by atoms with Gasteiger partial charge in [0.25, 0.3) is 0 Å². The number of halogens is 3. The number of hydrogen-bond acceptors (Lipinski definition) is 5. The number of alkyl halides is 3. The molecule has 2 aromatic heterocycles. The molecular weight excluding hydrogens is 345 g/mol. The third-order valence-electron chi connectivity index (χ3n) is 3.68. The van der Waals surface area contributed by atoms with Gasteiger partial charge in [-0.3, -0.25) is 4.98 Å². The normalized spacial score (nSPS) is 14.3. The van der Waals surface area contributed by atoms with Gasteiger partial charge in [0.05, 0.1) is 23.8 Å². The molecule has 0 bridgehead atoms. The van der Waals surface area contributed by atoms with Gasteiger partial charge in [-0.2, -0.15) is 23.4 Å². The fourth-order valence-corrected chi connectivity index (χ4v) is 2.78. The minimum absolute atomic E-state index is 0.0365. The molecule has 1 unspecified atom stereocenters. The molecule has 8 heteroatoms. The first-order valence-corrected chi connectivity index (χ1v) is 8.26. The molecule has 2 heterocycles. The predicted molar refractivity (Wildman–Crippen MR) is 92.5 cm³/mol. The largest absolute Gasteiger partial charge is 0.489 e. The minimum atomic E-state index is -4.58. The molecule has 0 aliphatic rings. The summed E-state index contributed by atoms with van der Waals surface area (Å²) in [5.74, 6) is -0.0287. The van der Waals surface area contributed by atoms with Crippen LogP contribution in [0.3, 0.4) is 0 Å². The van der Waals surface area contributed by atoms with Crippen molar-refractivity contribution in [2.45, 2.75) is 45.8 Å². The Morgan fingerprint density at radius 3 is 2.46 bits per heavy atom. The van der Waals surface area contributed by atoms with Gasteiger partial charge in [-0.1, -0.05) is 13.8 Å². The maximum Gasteiger partial charge on any atom is 0.420 e. The van der Waals surface area contributed by atoms with Crippen LogP contribution in [0.15, 0.2) is 24.5 Å². The maximum atomic E-state index is 13.5. The van der Waals surface area contributed by atoms with Gasteiger partial charge in [-0.05, 0) is 38.3 Å². The highest BCUT2D eigenvalue weighted by Crippen LogP contribution is 2.38. The van der Waals surface area contributed by atoms with Crippen molar-refractivity contribution in [3.63, 3.8) is 0 Å². The van der Waals surface area contributed by atoms with E-state index in [9.17, 15) is 13.2 Å². The van der Waals surface area contributed by atoms with Crippen LogP contribution >= 0.6 is 0 Å². The van der Waals surface area contributed by atoms with Crippen LogP contribution in [0.5, 0.6) is 5.75 Å². The number of aromatic nitrogens is 3. The van der Waals surface area contributed by atoms with Crippen LogP contribution in [0, 0.1) is 12.8 Å². The highest BCUT2D eigenvalue weighted by atomic mass is 19.4. The molecule has 0 aromatic carbocycles. The monoisotopic (exact) mass is 368 g/mol. The number of nitrogens with zero attached hydrogens (tertiary/aromatic N) is 3. The SMILES string of the molecule is Cc1cc(-c2cc(C(F)(F)F)c(OCC(C)(N)CC(C)C)cn2)cnn1. The average molecular weight is 368 g/mol. The van der Waals surface area contributed by atoms with E-state index in [0.717, 1.165) is 12.3 Å². The van der Waals surface area contributed by atoms with Crippen LogP contribution in [0.1, 0.15) is 38.4 Å². The number of aryl methyl sites for hydroxylation is 1. The predicted octanol–water partition coefficient (Wildman–Crippen LogP) is 4.01. The van der Waals surface area contributed by atoms with E-state index in [1.165, 1.54) is 6.20 Å². The van der Waals surface area contributed by atoms with Crippen LogP contribution in [0.4, 0.5) is 13.2 Å². The van der Waals surface area contributed by atoms with E-state index in [2.05, 4.69) is 15.2 Å². The average Bonchev–Trinajstić information content (AvgIpc) is 2.51. The molecule has 142 valence electrons. The molecule has 1 atom stereocenters. The molecular formula is C18H23F3N4O. The zero-order valence-corrected chi connectivity index (χ0v) is 15.3. The van der Waals surface area contributed by atoms with Crippen LogP contribution in [-0.4, -0.2) is 27.3 Å². The molecule has 2 rings (SSSR count). The van der Waals surface area contributed by atoms with E-state index in [-0.39, 0.29) is 18.1 Å². The van der Waals surface area contributed by atoms with Gasteiger partial charge in [0, 0.05) is 11.1 Å². The second-order valence-corrected chi connectivity index (χ2v) is 7.19. The van der Waals surface area contributed by atoms with Gasteiger partial charge in [-0.25, -0.2) is 0 Å². The Morgan fingerprint density at radius 2 is 1.88 bits per heavy atom. The lowest BCUT2D eigenvalue weighted by Crippen LogP contribution is -2.43. The Hall–Kier alpha value is -2.22. The second kappa shape index (κ2) is 7.57. The number of nitrogens with two attached hydrogens (primary N) is 1. The number of ether oxygens (including phenoxy) is 1. The smallest absolute Gasteiger partial charge is 0.420 e. The summed E-state index contributed by atoms with van der Waals surface area (Å²) in [7, 11) is 0.